The van der Waals surface area contributed by atoms with E-state index in [2.05, 4.69) is 5.32 Å². The van der Waals surface area contributed by atoms with Gasteiger partial charge in [-0.05, 0) is 42.0 Å². The summed E-state index contributed by atoms with van der Waals surface area (Å²) in [6, 6.07) is 7.94. The van der Waals surface area contributed by atoms with Crippen molar-refractivity contribution in [3.63, 3.8) is 0 Å². The third-order valence-corrected chi connectivity index (χ3v) is 5.08. The van der Waals surface area contributed by atoms with Gasteiger partial charge < -0.3 is 19.5 Å². The molecule has 1 N–H and O–H groups in total. The highest BCUT2D eigenvalue weighted by Crippen LogP contribution is 2.37. The molecule has 2 heterocycles. The van der Waals surface area contributed by atoms with Crippen LogP contribution in [0.1, 0.15) is 23.3 Å². The van der Waals surface area contributed by atoms with Crippen molar-refractivity contribution in [2.24, 2.45) is 0 Å². The Balaban J connectivity index is 1.60. The fourth-order valence-electron chi connectivity index (χ4n) is 2.74. The van der Waals surface area contributed by atoms with Crippen LogP contribution in [-0.4, -0.2) is 26.4 Å². The van der Waals surface area contributed by atoms with Gasteiger partial charge in [-0.3, -0.25) is 0 Å². The summed E-state index contributed by atoms with van der Waals surface area (Å²) in [5.74, 6) is 1.25. The minimum absolute atomic E-state index is 0.329. The van der Waals surface area contributed by atoms with E-state index in [0.29, 0.717) is 29.2 Å². The van der Waals surface area contributed by atoms with Gasteiger partial charge in [0.1, 0.15) is 6.61 Å². The smallest absolute Gasteiger partial charge is 0.180 e. The third-order valence-electron chi connectivity index (χ3n) is 3.95. The molecule has 1 atom stereocenters. The van der Waals surface area contributed by atoms with E-state index in [-0.39, 0.29) is 0 Å². The lowest BCUT2D eigenvalue weighted by molar-refractivity contribution is 0.110. The van der Waals surface area contributed by atoms with Crippen LogP contribution in [0.4, 0.5) is 0 Å². The summed E-state index contributed by atoms with van der Waals surface area (Å²) in [6.07, 6.45) is 2.62. The maximum Gasteiger partial charge on any atom is 0.180 e. The van der Waals surface area contributed by atoms with Crippen LogP contribution < -0.4 is 14.8 Å². The highest BCUT2D eigenvalue weighted by Gasteiger charge is 2.16. The number of methoxy groups -OCH3 is 1. The van der Waals surface area contributed by atoms with Crippen LogP contribution in [-0.2, 0) is 17.9 Å². The lowest BCUT2D eigenvalue weighted by atomic mass is 10.2. The van der Waals surface area contributed by atoms with Crippen LogP contribution in [0.3, 0.4) is 0 Å². The van der Waals surface area contributed by atoms with Gasteiger partial charge in [0.25, 0.3) is 0 Å². The van der Waals surface area contributed by atoms with Gasteiger partial charge in [-0.25, -0.2) is 0 Å². The Bertz CT molecular complexity index is 642. The van der Waals surface area contributed by atoms with Crippen LogP contribution >= 0.6 is 22.9 Å². The summed E-state index contributed by atoms with van der Waals surface area (Å²) in [5, 5.41) is 6.02. The van der Waals surface area contributed by atoms with Crippen molar-refractivity contribution in [2.45, 2.75) is 32.1 Å². The Morgan fingerprint density at radius 1 is 1.42 bits per heavy atom. The summed E-state index contributed by atoms with van der Waals surface area (Å²) < 4.78 is 16.9. The molecule has 6 heteroatoms. The van der Waals surface area contributed by atoms with Crippen molar-refractivity contribution < 1.29 is 14.2 Å². The van der Waals surface area contributed by atoms with Gasteiger partial charge in [-0.2, -0.15) is 0 Å². The Morgan fingerprint density at radius 2 is 2.33 bits per heavy atom. The zero-order valence-corrected chi connectivity index (χ0v) is 15.3. The van der Waals surface area contributed by atoms with Gasteiger partial charge in [0.05, 0.1) is 18.2 Å². The molecule has 0 saturated carbocycles. The SMILES string of the molecule is COc1cc(CNC[C@H]2CCCO2)cc(Cl)c1OCc1cccs1. The van der Waals surface area contributed by atoms with Crippen LogP contribution in [0.15, 0.2) is 29.6 Å². The first-order chi connectivity index (χ1) is 11.8. The third kappa shape index (κ3) is 4.63. The topological polar surface area (TPSA) is 39.7 Å². The number of ether oxygens (including phenoxy) is 3. The highest BCUT2D eigenvalue weighted by molar-refractivity contribution is 7.09. The Kier molecular flexibility index (Phi) is 6.37. The molecule has 1 fully saturated rings. The molecule has 0 radical (unpaired) electrons. The zero-order chi connectivity index (χ0) is 16.8. The first-order valence-electron chi connectivity index (χ1n) is 8.10. The fourth-order valence-corrected chi connectivity index (χ4v) is 3.64. The first kappa shape index (κ1) is 17.5. The molecular formula is C18H22ClNO3S. The van der Waals surface area contributed by atoms with E-state index < -0.39 is 0 Å². The predicted octanol–water partition coefficient (Wildman–Crippen LogP) is 4.26. The summed E-state index contributed by atoms with van der Waals surface area (Å²) in [5.41, 5.74) is 1.07. The quantitative estimate of drug-likeness (QED) is 0.756. The van der Waals surface area contributed by atoms with Crippen molar-refractivity contribution in [3.05, 3.63) is 45.1 Å². The molecule has 24 heavy (non-hydrogen) atoms. The molecular weight excluding hydrogens is 346 g/mol. The van der Waals surface area contributed by atoms with Crippen LogP contribution in [0, 0.1) is 0 Å². The van der Waals surface area contributed by atoms with Crippen molar-refractivity contribution in [2.75, 3.05) is 20.3 Å². The number of hydrogen-bond acceptors (Lipinski definition) is 5. The predicted molar refractivity (Wildman–Crippen MR) is 97.3 cm³/mol. The Hall–Kier alpha value is -1.27. The normalized spacial score (nSPS) is 17.2. The average molecular weight is 368 g/mol. The standard InChI is InChI=1S/C18H22ClNO3S/c1-21-17-9-13(10-20-11-14-4-2-6-22-14)8-16(19)18(17)23-12-15-5-3-7-24-15/h3,5,7-9,14,20H,2,4,6,10-12H2,1H3/t14-/m1/s1. The van der Waals surface area contributed by atoms with Crippen molar-refractivity contribution in [3.8, 4) is 11.5 Å². The Morgan fingerprint density at radius 3 is 3.04 bits per heavy atom. The molecule has 0 bridgehead atoms. The molecule has 130 valence electrons. The van der Waals surface area contributed by atoms with Gasteiger partial charge in [0.15, 0.2) is 11.5 Å². The van der Waals surface area contributed by atoms with Crippen molar-refractivity contribution in [1.82, 2.24) is 5.32 Å². The molecule has 0 unspecified atom stereocenters. The van der Waals surface area contributed by atoms with E-state index in [1.54, 1.807) is 18.4 Å². The van der Waals surface area contributed by atoms with Crippen molar-refractivity contribution >= 4 is 22.9 Å². The van der Waals surface area contributed by atoms with E-state index in [1.807, 2.05) is 29.6 Å². The van der Waals surface area contributed by atoms with Gasteiger partial charge in [-0.1, -0.05) is 17.7 Å². The molecule has 0 aliphatic carbocycles. The van der Waals surface area contributed by atoms with Crippen LogP contribution in [0.25, 0.3) is 0 Å². The lowest BCUT2D eigenvalue weighted by Gasteiger charge is -2.15. The molecule has 1 aliphatic rings. The molecule has 0 amide bonds. The van der Waals surface area contributed by atoms with Gasteiger partial charge >= 0.3 is 0 Å². The van der Waals surface area contributed by atoms with Crippen LogP contribution in [0.2, 0.25) is 5.02 Å². The number of halogens is 1. The summed E-state index contributed by atoms with van der Waals surface area (Å²) in [7, 11) is 1.63. The monoisotopic (exact) mass is 367 g/mol. The van der Waals surface area contributed by atoms with E-state index in [1.165, 1.54) is 0 Å². The average Bonchev–Trinajstić information content (AvgIpc) is 3.27. The number of benzene rings is 1. The summed E-state index contributed by atoms with van der Waals surface area (Å²) in [4.78, 5) is 1.15. The summed E-state index contributed by atoms with van der Waals surface area (Å²) >= 11 is 8.06. The maximum atomic E-state index is 6.41. The molecule has 1 aromatic heterocycles. The molecule has 4 nitrogen and oxygen atoms in total. The molecule has 0 spiro atoms. The van der Waals surface area contributed by atoms with Gasteiger partial charge in [-0.15, -0.1) is 11.3 Å². The van der Waals surface area contributed by atoms with E-state index in [9.17, 15) is 0 Å². The van der Waals surface area contributed by atoms with Gasteiger partial charge in [0.2, 0.25) is 0 Å². The minimum atomic E-state index is 0.329. The molecule has 3 rings (SSSR count). The van der Waals surface area contributed by atoms with Crippen molar-refractivity contribution in [1.29, 1.82) is 0 Å². The van der Waals surface area contributed by atoms with E-state index in [0.717, 1.165) is 43.0 Å². The second kappa shape index (κ2) is 8.72. The maximum absolute atomic E-state index is 6.41. The number of rotatable bonds is 8. The Labute approximate surface area is 151 Å². The number of nitrogens with one attached hydrogen (secondary N) is 1. The molecule has 1 aromatic carbocycles. The van der Waals surface area contributed by atoms with E-state index in [4.69, 9.17) is 25.8 Å². The molecule has 1 aliphatic heterocycles. The van der Waals surface area contributed by atoms with Crippen LogP contribution in [0.5, 0.6) is 11.5 Å². The number of thiophene rings is 1. The highest BCUT2D eigenvalue weighted by atomic mass is 35.5. The first-order valence-corrected chi connectivity index (χ1v) is 9.36. The summed E-state index contributed by atoms with van der Waals surface area (Å²) in [6.45, 7) is 2.95. The lowest BCUT2D eigenvalue weighted by Crippen LogP contribution is -2.25. The van der Waals surface area contributed by atoms with E-state index >= 15 is 0 Å². The van der Waals surface area contributed by atoms with Gasteiger partial charge in [0, 0.05) is 24.6 Å². The molecule has 2 aromatic rings. The number of hydrogen-bond donors (Lipinski definition) is 1. The zero-order valence-electron chi connectivity index (χ0n) is 13.7. The second-order valence-electron chi connectivity index (χ2n) is 5.74. The largest absolute Gasteiger partial charge is 0.493 e. The second-order valence-corrected chi connectivity index (χ2v) is 7.18. The fraction of sp³-hybridized carbons (Fsp3) is 0.444. The minimum Gasteiger partial charge on any atom is -0.493 e. The molecule has 1 saturated heterocycles.